The zero-order valence-corrected chi connectivity index (χ0v) is 10.7. The van der Waals surface area contributed by atoms with Crippen LogP contribution in [0.5, 0.6) is 0 Å². The average molecular weight is 240 g/mol. The molecule has 7 nitrogen and oxygen atoms in total. The fraction of sp³-hybridized carbons (Fsp3) is 0.600. The molecule has 0 spiro atoms. The molecular formula is C10H20N6O. The Morgan fingerprint density at radius 3 is 2.47 bits per heavy atom. The molecule has 96 valence electrons. The zero-order chi connectivity index (χ0) is 13.2. The Morgan fingerprint density at radius 1 is 1.41 bits per heavy atom. The van der Waals surface area contributed by atoms with Crippen LogP contribution in [0.2, 0.25) is 0 Å². The topological polar surface area (TPSA) is 113 Å². The molecule has 0 radical (unpaired) electrons. The monoisotopic (exact) mass is 240 g/mol. The molecule has 0 amide bonds. The number of aromatic nitrogens is 2. The van der Waals surface area contributed by atoms with Crippen molar-refractivity contribution in [2.45, 2.75) is 26.4 Å². The number of hydrazine groups is 1. The number of aliphatic hydroxyl groups is 1. The third-order valence-corrected chi connectivity index (χ3v) is 2.16. The van der Waals surface area contributed by atoms with Crippen molar-refractivity contribution in [3.8, 4) is 0 Å². The van der Waals surface area contributed by atoms with Crippen LogP contribution in [0.1, 0.15) is 19.7 Å². The van der Waals surface area contributed by atoms with Crippen molar-refractivity contribution < 1.29 is 5.11 Å². The van der Waals surface area contributed by atoms with E-state index in [0.29, 0.717) is 29.7 Å². The van der Waals surface area contributed by atoms with E-state index in [1.165, 1.54) is 0 Å². The highest BCUT2D eigenvalue weighted by Crippen LogP contribution is 2.26. The van der Waals surface area contributed by atoms with Crippen LogP contribution in [0, 0.1) is 6.92 Å². The van der Waals surface area contributed by atoms with Crippen LogP contribution in [-0.2, 0) is 0 Å². The molecule has 17 heavy (non-hydrogen) atoms. The van der Waals surface area contributed by atoms with Crippen molar-refractivity contribution in [1.82, 2.24) is 9.97 Å². The van der Waals surface area contributed by atoms with Gasteiger partial charge in [0, 0.05) is 13.6 Å². The van der Waals surface area contributed by atoms with Crippen LogP contribution in [0.3, 0.4) is 0 Å². The molecule has 0 aliphatic heterocycles. The summed E-state index contributed by atoms with van der Waals surface area (Å²) < 4.78 is 0. The molecule has 0 aliphatic rings. The van der Waals surface area contributed by atoms with E-state index in [1.807, 2.05) is 0 Å². The summed E-state index contributed by atoms with van der Waals surface area (Å²) in [6.45, 7) is 5.59. The fourth-order valence-electron chi connectivity index (χ4n) is 1.62. The number of nitrogens with zero attached hydrogens (tertiary/aromatic N) is 3. The molecule has 0 saturated carbocycles. The molecule has 0 atom stereocenters. The lowest BCUT2D eigenvalue weighted by atomic mass is 10.1. The Labute approximate surface area is 101 Å². The van der Waals surface area contributed by atoms with Crippen molar-refractivity contribution in [1.29, 1.82) is 0 Å². The summed E-state index contributed by atoms with van der Waals surface area (Å²) in [6.07, 6.45) is 0. The molecule has 1 heterocycles. The molecule has 0 saturated heterocycles. The van der Waals surface area contributed by atoms with Crippen LogP contribution >= 0.6 is 0 Å². The molecule has 1 aromatic heterocycles. The molecule has 0 fully saturated rings. The van der Waals surface area contributed by atoms with E-state index in [0.717, 1.165) is 0 Å². The second-order valence-electron chi connectivity index (χ2n) is 4.67. The fourth-order valence-corrected chi connectivity index (χ4v) is 1.62. The number of rotatable bonds is 4. The molecule has 6 N–H and O–H groups in total. The van der Waals surface area contributed by atoms with Gasteiger partial charge in [-0.25, -0.2) is 15.8 Å². The number of hydrogen-bond acceptors (Lipinski definition) is 7. The highest BCUT2D eigenvalue weighted by molar-refractivity contribution is 5.74. The van der Waals surface area contributed by atoms with Crippen molar-refractivity contribution in [2.75, 3.05) is 29.7 Å². The van der Waals surface area contributed by atoms with Crippen LogP contribution in [-0.4, -0.2) is 34.3 Å². The maximum atomic E-state index is 9.77. The van der Waals surface area contributed by atoms with Crippen LogP contribution < -0.4 is 21.9 Å². The van der Waals surface area contributed by atoms with Crippen molar-refractivity contribution >= 4 is 17.3 Å². The van der Waals surface area contributed by atoms with Gasteiger partial charge in [0.05, 0.1) is 5.60 Å². The molecular weight excluding hydrogens is 220 g/mol. The normalized spacial score (nSPS) is 11.4. The minimum Gasteiger partial charge on any atom is -0.393 e. The van der Waals surface area contributed by atoms with Crippen LogP contribution in [0.4, 0.5) is 17.3 Å². The Bertz CT molecular complexity index is 401. The van der Waals surface area contributed by atoms with E-state index < -0.39 is 5.60 Å². The van der Waals surface area contributed by atoms with Crippen LogP contribution in [0.25, 0.3) is 0 Å². The average Bonchev–Trinajstić information content (AvgIpc) is 2.18. The number of nitrogen functional groups attached to an aromatic ring is 2. The third-order valence-electron chi connectivity index (χ3n) is 2.16. The summed E-state index contributed by atoms with van der Waals surface area (Å²) in [6, 6.07) is 0. The first-order chi connectivity index (χ1) is 7.74. The largest absolute Gasteiger partial charge is 0.393 e. The van der Waals surface area contributed by atoms with Gasteiger partial charge >= 0.3 is 0 Å². The van der Waals surface area contributed by atoms with E-state index in [2.05, 4.69) is 15.4 Å². The Hall–Kier alpha value is -1.60. The first kappa shape index (κ1) is 13.5. The van der Waals surface area contributed by atoms with Crippen molar-refractivity contribution in [3.05, 3.63) is 5.82 Å². The Balaban J connectivity index is 3.09. The van der Waals surface area contributed by atoms with Gasteiger partial charge in [0.2, 0.25) is 0 Å². The molecule has 0 aliphatic carbocycles. The lowest BCUT2D eigenvalue weighted by Gasteiger charge is -2.27. The third kappa shape index (κ3) is 3.43. The minimum atomic E-state index is -0.837. The first-order valence-corrected chi connectivity index (χ1v) is 5.29. The molecule has 0 aromatic carbocycles. The quantitative estimate of drug-likeness (QED) is 0.428. The SMILES string of the molecule is Cc1nc(NN)c(N)c(N(C)CC(C)(C)O)n1. The summed E-state index contributed by atoms with van der Waals surface area (Å²) in [7, 11) is 1.80. The number of aryl methyl sites for hydroxylation is 1. The molecule has 0 unspecified atom stereocenters. The lowest BCUT2D eigenvalue weighted by molar-refractivity contribution is 0.0885. The highest BCUT2D eigenvalue weighted by Gasteiger charge is 2.20. The summed E-state index contributed by atoms with van der Waals surface area (Å²) in [5.41, 5.74) is 7.85. The van der Waals surface area contributed by atoms with Crippen molar-refractivity contribution in [2.24, 2.45) is 5.84 Å². The predicted octanol–water partition coefficient (Wildman–Crippen LogP) is -0.140. The molecule has 1 rings (SSSR count). The maximum absolute atomic E-state index is 9.77. The van der Waals surface area contributed by atoms with Gasteiger partial charge in [-0.2, -0.15) is 0 Å². The van der Waals surface area contributed by atoms with Gasteiger partial charge < -0.3 is 21.2 Å². The number of nitrogens with two attached hydrogens (primary N) is 2. The van der Waals surface area contributed by atoms with Gasteiger partial charge in [0.15, 0.2) is 11.6 Å². The second-order valence-corrected chi connectivity index (χ2v) is 4.67. The summed E-state index contributed by atoms with van der Waals surface area (Å²) in [5.74, 6) is 6.82. The van der Waals surface area contributed by atoms with E-state index in [4.69, 9.17) is 11.6 Å². The second kappa shape index (κ2) is 4.72. The number of nitrogens with one attached hydrogen (secondary N) is 1. The van der Waals surface area contributed by atoms with Gasteiger partial charge in [0.1, 0.15) is 11.5 Å². The summed E-state index contributed by atoms with van der Waals surface area (Å²) in [5, 5.41) is 9.77. The van der Waals surface area contributed by atoms with Gasteiger partial charge in [-0.1, -0.05) is 0 Å². The summed E-state index contributed by atoms with van der Waals surface area (Å²) >= 11 is 0. The minimum absolute atomic E-state index is 0.366. The number of hydrogen-bond donors (Lipinski definition) is 4. The highest BCUT2D eigenvalue weighted by atomic mass is 16.3. The standard InChI is InChI=1S/C10H20N6O/c1-6-13-8(15-12)7(11)9(14-6)16(4)5-10(2,3)17/h17H,5,11-12H2,1-4H3,(H,13,14,15). The summed E-state index contributed by atoms with van der Waals surface area (Å²) in [4.78, 5) is 10.1. The first-order valence-electron chi connectivity index (χ1n) is 5.29. The van der Waals surface area contributed by atoms with Gasteiger partial charge in [-0.3, -0.25) is 0 Å². The van der Waals surface area contributed by atoms with E-state index in [1.54, 1.807) is 32.7 Å². The predicted molar refractivity (Wildman–Crippen MR) is 68.6 cm³/mol. The Kier molecular flexibility index (Phi) is 3.74. The molecule has 7 heteroatoms. The van der Waals surface area contributed by atoms with E-state index >= 15 is 0 Å². The van der Waals surface area contributed by atoms with Crippen molar-refractivity contribution in [3.63, 3.8) is 0 Å². The van der Waals surface area contributed by atoms with Gasteiger partial charge in [0.25, 0.3) is 0 Å². The van der Waals surface area contributed by atoms with E-state index in [-0.39, 0.29) is 0 Å². The van der Waals surface area contributed by atoms with Gasteiger partial charge in [-0.15, -0.1) is 0 Å². The maximum Gasteiger partial charge on any atom is 0.169 e. The molecule has 0 bridgehead atoms. The number of anilines is 3. The van der Waals surface area contributed by atoms with Crippen LogP contribution in [0.15, 0.2) is 0 Å². The lowest BCUT2D eigenvalue weighted by Crippen LogP contribution is -2.37. The zero-order valence-electron chi connectivity index (χ0n) is 10.7. The number of likely N-dealkylation sites (N-methyl/N-ethyl adjacent to an activating group) is 1. The van der Waals surface area contributed by atoms with E-state index in [9.17, 15) is 5.11 Å². The Morgan fingerprint density at radius 2 is 2.00 bits per heavy atom. The molecule has 1 aromatic rings. The smallest absolute Gasteiger partial charge is 0.169 e. The van der Waals surface area contributed by atoms with Gasteiger partial charge in [-0.05, 0) is 20.8 Å².